The smallest absolute Gasteiger partial charge is 0.123 e. The van der Waals surface area contributed by atoms with Crippen LogP contribution in [0.5, 0.6) is 0 Å². The van der Waals surface area contributed by atoms with Crippen LogP contribution in [0, 0.1) is 11.7 Å². The standard InChI is InChI=1S/C17H27FN2O2/c1-19(12-14-6-8-20(9-7-14)10-11-21)13-17(22)15-2-4-16(18)5-3-15/h2-5,14,17,21-22H,6-13H2,1H3/t17-/m1/s1. The highest BCUT2D eigenvalue weighted by molar-refractivity contribution is 5.18. The van der Waals surface area contributed by atoms with E-state index < -0.39 is 6.10 Å². The number of β-amino-alcohol motifs (C(OH)–C–C–N with tert-alkyl or cyclic N) is 1. The molecule has 2 rings (SSSR count). The van der Waals surface area contributed by atoms with Crippen LogP contribution in [0.3, 0.4) is 0 Å². The van der Waals surface area contributed by atoms with Crippen molar-refractivity contribution in [3.8, 4) is 0 Å². The van der Waals surface area contributed by atoms with Gasteiger partial charge in [-0.05, 0) is 56.6 Å². The number of rotatable bonds is 7. The Morgan fingerprint density at radius 2 is 1.91 bits per heavy atom. The topological polar surface area (TPSA) is 46.9 Å². The second-order valence-corrected chi connectivity index (χ2v) is 6.30. The van der Waals surface area contributed by atoms with Crippen LogP contribution in [-0.2, 0) is 0 Å². The summed E-state index contributed by atoms with van der Waals surface area (Å²) in [6.45, 7) is 4.60. The van der Waals surface area contributed by atoms with Crippen molar-refractivity contribution in [1.82, 2.24) is 9.80 Å². The Morgan fingerprint density at radius 3 is 2.50 bits per heavy atom. The molecule has 1 atom stereocenters. The molecule has 4 nitrogen and oxygen atoms in total. The molecule has 2 N–H and O–H groups in total. The van der Waals surface area contributed by atoms with Crippen molar-refractivity contribution < 1.29 is 14.6 Å². The lowest BCUT2D eigenvalue weighted by molar-refractivity contribution is 0.0968. The number of likely N-dealkylation sites (tertiary alicyclic amines) is 1. The third kappa shape index (κ3) is 5.32. The van der Waals surface area contributed by atoms with Gasteiger partial charge in [0.2, 0.25) is 0 Å². The molecule has 1 aromatic carbocycles. The quantitative estimate of drug-likeness (QED) is 0.801. The van der Waals surface area contributed by atoms with Crippen molar-refractivity contribution in [2.75, 3.05) is 46.4 Å². The van der Waals surface area contributed by atoms with Crippen LogP contribution in [-0.4, -0.2) is 66.4 Å². The Kier molecular flexibility index (Phi) is 6.76. The van der Waals surface area contributed by atoms with Gasteiger partial charge in [0.1, 0.15) is 5.82 Å². The highest BCUT2D eigenvalue weighted by Crippen LogP contribution is 2.20. The second-order valence-electron chi connectivity index (χ2n) is 6.30. The summed E-state index contributed by atoms with van der Waals surface area (Å²) in [5, 5.41) is 19.2. The fourth-order valence-corrected chi connectivity index (χ4v) is 3.13. The van der Waals surface area contributed by atoms with Crippen molar-refractivity contribution in [3.05, 3.63) is 35.6 Å². The van der Waals surface area contributed by atoms with E-state index in [-0.39, 0.29) is 12.4 Å². The summed E-state index contributed by atoms with van der Waals surface area (Å²) in [6.07, 6.45) is 1.69. The second kappa shape index (κ2) is 8.58. The summed E-state index contributed by atoms with van der Waals surface area (Å²) < 4.78 is 12.9. The molecule has 0 bridgehead atoms. The lowest BCUT2D eigenvalue weighted by Crippen LogP contribution is -2.39. The Bertz CT molecular complexity index is 433. The minimum absolute atomic E-state index is 0.231. The van der Waals surface area contributed by atoms with Gasteiger partial charge in [-0.15, -0.1) is 0 Å². The number of hydrogen-bond donors (Lipinski definition) is 2. The van der Waals surface area contributed by atoms with Crippen LogP contribution >= 0.6 is 0 Å². The Hall–Kier alpha value is -1.01. The third-order valence-corrected chi connectivity index (χ3v) is 4.43. The molecular formula is C17H27FN2O2. The van der Waals surface area contributed by atoms with Gasteiger partial charge < -0.3 is 20.0 Å². The predicted molar refractivity (Wildman–Crippen MR) is 85.1 cm³/mol. The number of aliphatic hydroxyl groups is 2. The summed E-state index contributed by atoms with van der Waals surface area (Å²) in [5.74, 6) is 0.360. The predicted octanol–water partition coefficient (Wildman–Crippen LogP) is 1.50. The Balaban J connectivity index is 1.73. The van der Waals surface area contributed by atoms with Gasteiger partial charge in [-0.1, -0.05) is 12.1 Å². The van der Waals surface area contributed by atoms with Crippen LogP contribution in [0.1, 0.15) is 24.5 Å². The zero-order valence-corrected chi connectivity index (χ0v) is 13.3. The van der Waals surface area contributed by atoms with E-state index in [9.17, 15) is 9.50 Å². The van der Waals surface area contributed by atoms with E-state index >= 15 is 0 Å². The number of benzene rings is 1. The lowest BCUT2D eigenvalue weighted by atomic mass is 9.96. The van der Waals surface area contributed by atoms with Gasteiger partial charge >= 0.3 is 0 Å². The minimum Gasteiger partial charge on any atom is -0.395 e. The molecule has 1 aromatic rings. The van der Waals surface area contributed by atoms with Crippen LogP contribution < -0.4 is 0 Å². The molecule has 1 heterocycles. The molecular weight excluding hydrogens is 283 g/mol. The Morgan fingerprint density at radius 1 is 1.27 bits per heavy atom. The van der Waals surface area contributed by atoms with Crippen LogP contribution in [0.2, 0.25) is 0 Å². The summed E-state index contributed by atoms with van der Waals surface area (Å²) in [6, 6.07) is 6.05. The van der Waals surface area contributed by atoms with Gasteiger partial charge in [-0.25, -0.2) is 4.39 Å². The first-order chi connectivity index (χ1) is 10.6. The molecule has 0 radical (unpaired) electrons. The molecule has 1 fully saturated rings. The van der Waals surface area contributed by atoms with Gasteiger partial charge in [0.05, 0.1) is 12.7 Å². The fourth-order valence-electron chi connectivity index (χ4n) is 3.13. The average Bonchev–Trinajstić information content (AvgIpc) is 2.50. The summed E-state index contributed by atoms with van der Waals surface area (Å²) in [4.78, 5) is 4.45. The van der Waals surface area contributed by atoms with E-state index in [0.29, 0.717) is 12.5 Å². The van der Waals surface area contributed by atoms with Crippen LogP contribution in [0.15, 0.2) is 24.3 Å². The summed E-state index contributed by atoms with van der Waals surface area (Å²) >= 11 is 0. The van der Waals surface area contributed by atoms with E-state index in [0.717, 1.165) is 44.6 Å². The molecule has 0 amide bonds. The SMILES string of the molecule is CN(CC1CCN(CCO)CC1)C[C@@H](O)c1ccc(F)cc1. The molecule has 0 unspecified atom stereocenters. The number of nitrogens with zero attached hydrogens (tertiary/aromatic N) is 2. The molecule has 22 heavy (non-hydrogen) atoms. The Labute approximate surface area is 132 Å². The normalized spacial score (nSPS) is 18.8. The molecule has 124 valence electrons. The van der Waals surface area contributed by atoms with Gasteiger partial charge in [0, 0.05) is 19.6 Å². The van der Waals surface area contributed by atoms with Crippen molar-refractivity contribution >= 4 is 0 Å². The minimum atomic E-state index is -0.583. The molecule has 1 aliphatic rings. The average molecular weight is 310 g/mol. The molecule has 5 heteroatoms. The van der Waals surface area contributed by atoms with Crippen molar-refractivity contribution in [2.24, 2.45) is 5.92 Å². The largest absolute Gasteiger partial charge is 0.395 e. The zero-order chi connectivity index (χ0) is 15.9. The first kappa shape index (κ1) is 17.3. The molecule has 0 aromatic heterocycles. The molecule has 0 aliphatic carbocycles. The number of hydrogen-bond acceptors (Lipinski definition) is 4. The van der Waals surface area contributed by atoms with Crippen LogP contribution in [0.25, 0.3) is 0 Å². The van der Waals surface area contributed by atoms with Crippen molar-refractivity contribution in [2.45, 2.75) is 18.9 Å². The first-order valence-electron chi connectivity index (χ1n) is 8.03. The van der Waals surface area contributed by atoms with E-state index in [1.807, 2.05) is 7.05 Å². The van der Waals surface area contributed by atoms with Gasteiger partial charge in [-0.3, -0.25) is 0 Å². The van der Waals surface area contributed by atoms with E-state index in [4.69, 9.17) is 5.11 Å². The van der Waals surface area contributed by atoms with Crippen LogP contribution in [0.4, 0.5) is 4.39 Å². The number of halogens is 1. The number of piperidine rings is 1. The first-order valence-corrected chi connectivity index (χ1v) is 8.03. The van der Waals surface area contributed by atoms with E-state index in [1.165, 1.54) is 12.1 Å². The number of aliphatic hydroxyl groups excluding tert-OH is 2. The summed E-state index contributed by atoms with van der Waals surface area (Å²) in [7, 11) is 2.02. The van der Waals surface area contributed by atoms with E-state index in [1.54, 1.807) is 12.1 Å². The highest BCUT2D eigenvalue weighted by atomic mass is 19.1. The molecule has 0 saturated carbocycles. The van der Waals surface area contributed by atoms with Crippen molar-refractivity contribution in [1.29, 1.82) is 0 Å². The lowest BCUT2D eigenvalue weighted by Gasteiger charge is -2.34. The van der Waals surface area contributed by atoms with Gasteiger partial charge in [0.25, 0.3) is 0 Å². The van der Waals surface area contributed by atoms with Gasteiger partial charge in [0.15, 0.2) is 0 Å². The number of likely N-dealkylation sites (N-methyl/N-ethyl adjacent to an activating group) is 1. The monoisotopic (exact) mass is 310 g/mol. The van der Waals surface area contributed by atoms with E-state index in [2.05, 4.69) is 9.80 Å². The van der Waals surface area contributed by atoms with Crippen molar-refractivity contribution in [3.63, 3.8) is 0 Å². The maximum Gasteiger partial charge on any atom is 0.123 e. The maximum atomic E-state index is 12.9. The molecule has 1 saturated heterocycles. The summed E-state index contributed by atoms with van der Waals surface area (Å²) in [5.41, 5.74) is 0.756. The third-order valence-electron chi connectivity index (χ3n) is 4.43. The molecule has 1 aliphatic heterocycles. The maximum absolute atomic E-state index is 12.9. The van der Waals surface area contributed by atoms with Gasteiger partial charge in [-0.2, -0.15) is 0 Å². The highest BCUT2D eigenvalue weighted by Gasteiger charge is 2.21. The zero-order valence-electron chi connectivity index (χ0n) is 13.3. The molecule has 0 spiro atoms. The fraction of sp³-hybridized carbons (Fsp3) is 0.647.